The lowest BCUT2D eigenvalue weighted by atomic mass is 9.91. The van der Waals surface area contributed by atoms with Gasteiger partial charge in [-0.3, -0.25) is 0 Å². The Labute approximate surface area is 304 Å². The normalized spacial score (nSPS) is 11.8. The topological polar surface area (TPSA) is 51.8 Å². The van der Waals surface area contributed by atoms with Crippen LogP contribution in [0.15, 0.2) is 180 Å². The largest absolute Gasteiger partial charge is 0.456 e. The molecule has 9 aromatic carbocycles. The van der Waals surface area contributed by atoms with Crippen molar-refractivity contribution in [3.63, 3.8) is 0 Å². The lowest BCUT2D eigenvalue weighted by Crippen LogP contribution is -2.00. The predicted molar refractivity (Wildman–Crippen MR) is 219 cm³/mol. The Balaban J connectivity index is 1.13. The van der Waals surface area contributed by atoms with Crippen molar-refractivity contribution in [3.8, 4) is 45.3 Å². The number of hydrogen-bond acceptors (Lipinski definition) is 4. The number of rotatable bonds is 4. The first-order chi connectivity index (χ1) is 26.2. The highest BCUT2D eigenvalue weighted by molar-refractivity contribution is 6.21. The van der Waals surface area contributed by atoms with Crippen LogP contribution in [0.4, 0.5) is 0 Å². The number of para-hydroxylation sites is 1. The van der Waals surface area contributed by atoms with Gasteiger partial charge in [0.1, 0.15) is 11.2 Å². The summed E-state index contributed by atoms with van der Waals surface area (Å²) in [6.45, 7) is 0. The SMILES string of the molecule is c1cc(-c2nc(-c3ccc4ccccc4c3)nc(-c3cccc4oc5ccccc5c34)n2)cc(-c2cccc3ccc4c5ccccc5ccc4c23)c1. The van der Waals surface area contributed by atoms with Crippen molar-refractivity contribution in [2.45, 2.75) is 0 Å². The molecule has 0 fully saturated rings. The zero-order valence-corrected chi connectivity index (χ0v) is 28.5. The van der Waals surface area contributed by atoms with Crippen LogP contribution in [0.5, 0.6) is 0 Å². The Kier molecular flexibility index (Phi) is 6.52. The van der Waals surface area contributed by atoms with Crippen LogP contribution in [0.25, 0.3) is 110 Å². The highest BCUT2D eigenvalue weighted by Crippen LogP contribution is 2.40. The van der Waals surface area contributed by atoms with E-state index in [2.05, 4.69) is 146 Å². The summed E-state index contributed by atoms with van der Waals surface area (Å²) in [6.07, 6.45) is 0. The molecular formula is C49H29N3O. The van der Waals surface area contributed by atoms with E-state index in [1.807, 2.05) is 30.3 Å². The molecule has 11 rings (SSSR count). The number of fused-ring (bicyclic) bond motifs is 9. The van der Waals surface area contributed by atoms with Crippen molar-refractivity contribution < 1.29 is 4.42 Å². The van der Waals surface area contributed by atoms with Gasteiger partial charge in [-0.1, -0.05) is 152 Å². The zero-order valence-electron chi connectivity index (χ0n) is 28.5. The summed E-state index contributed by atoms with van der Waals surface area (Å²) in [5, 5.41) is 11.8. The minimum Gasteiger partial charge on any atom is -0.456 e. The molecule has 0 spiro atoms. The maximum atomic E-state index is 6.28. The lowest BCUT2D eigenvalue weighted by molar-refractivity contribution is 0.669. The average Bonchev–Trinajstić information content (AvgIpc) is 3.62. The van der Waals surface area contributed by atoms with Gasteiger partial charge < -0.3 is 4.42 Å². The molecule has 11 aromatic rings. The van der Waals surface area contributed by atoms with E-state index in [0.717, 1.165) is 49.6 Å². The third-order valence-electron chi connectivity index (χ3n) is 10.5. The van der Waals surface area contributed by atoms with E-state index < -0.39 is 0 Å². The summed E-state index contributed by atoms with van der Waals surface area (Å²) >= 11 is 0. The van der Waals surface area contributed by atoms with E-state index in [0.29, 0.717) is 17.5 Å². The number of benzene rings is 9. The maximum Gasteiger partial charge on any atom is 0.164 e. The van der Waals surface area contributed by atoms with Gasteiger partial charge in [-0.15, -0.1) is 0 Å². The molecule has 4 heteroatoms. The molecule has 0 aliphatic heterocycles. The molecular weight excluding hydrogens is 647 g/mol. The number of hydrogen-bond donors (Lipinski definition) is 0. The van der Waals surface area contributed by atoms with Gasteiger partial charge in [-0.05, 0) is 78.5 Å². The first-order valence-electron chi connectivity index (χ1n) is 17.9. The minimum atomic E-state index is 0.601. The first kappa shape index (κ1) is 29.5. The van der Waals surface area contributed by atoms with Crippen LogP contribution < -0.4 is 0 Å². The second-order valence-corrected chi connectivity index (χ2v) is 13.6. The molecule has 0 atom stereocenters. The highest BCUT2D eigenvalue weighted by atomic mass is 16.3. The molecule has 0 saturated heterocycles. The fourth-order valence-corrected chi connectivity index (χ4v) is 7.99. The van der Waals surface area contributed by atoms with Crippen molar-refractivity contribution in [3.05, 3.63) is 176 Å². The zero-order chi connectivity index (χ0) is 34.9. The molecule has 0 bridgehead atoms. The van der Waals surface area contributed by atoms with E-state index in [1.165, 1.54) is 43.3 Å². The Morgan fingerprint density at radius 1 is 0.302 bits per heavy atom. The summed E-state index contributed by atoms with van der Waals surface area (Å²) in [6, 6.07) is 61.8. The van der Waals surface area contributed by atoms with Gasteiger partial charge in [0.25, 0.3) is 0 Å². The second kappa shape index (κ2) is 11.7. The molecule has 2 aromatic heterocycles. The van der Waals surface area contributed by atoms with E-state index >= 15 is 0 Å². The fourth-order valence-electron chi connectivity index (χ4n) is 7.99. The number of furan rings is 1. The Bertz CT molecular complexity index is 3250. The van der Waals surface area contributed by atoms with E-state index in [-0.39, 0.29) is 0 Å². The van der Waals surface area contributed by atoms with Crippen LogP contribution in [0, 0.1) is 0 Å². The average molecular weight is 676 g/mol. The fraction of sp³-hybridized carbons (Fsp3) is 0. The standard InChI is InChI=1S/C49H29N3O/c1-2-12-33-28-36(23-22-30(33)10-1)48-50-47(51-49(52-48)42-19-9-21-44-46(42)41-17-5-6-20-43(41)53-44)35-15-7-14-34(29-35)38-18-8-13-32-25-26-39-37-16-4-3-11-31(37)24-27-40(39)45(32)38/h1-29H. The van der Waals surface area contributed by atoms with Crippen LogP contribution in [0.3, 0.4) is 0 Å². The molecule has 0 aliphatic rings. The monoisotopic (exact) mass is 675 g/mol. The van der Waals surface area contributed by atoms with E-state index in [4.69, 9.17) is 19.4 Å². The van der Waals surface area contributed by atoms with Crippen LogP contribution in [0.1, 0.15) is 0 Å². The van der Waals surface area contributed by atoms with Gasteiger partial charge >= 0.3 is 0 Å². The van der Waals surface area contributed by atoms with E-state index in [9.17, 15) is 0 Å². The van der Waals surface area contributed by atoms with Crippen molar-refractivity contribution >= 4 is 65.0 Å². The molecule has 0 aliphatic carbocycles. The number of aromatic nitrogens is 3. The summed E-state index contributed by atoms with van der Waals surface area (Å²) < 4.78 is 6.28. The molecule has 4 nitrogen and oxygen atoms in total. The van der Waals surface area contributed by atoms with Crippen molar-refractivity contribution in [2.24, 2.45) is 0 Å². The van der Waals surface area contributed by atoms with Gasteiger partial charge in [0, 0.05) is 27.5 Å². The van der Waals surface area contributed by atoms with Crippen LogP contribution in [-0.4, -0.2) is 15.0 Å². The summed E-state index contributed by atoms with van der Waals surface area (Å²) in [4.78, 5) is 15.5. The van der Waals surface area contributed by atoms with Gasteiger partial charge in [0.15, 0.2) is 17.5 Å². The Morgan fingerprint density at radius 3 is 1.81 bits per heavy atom. The van der Waals surface area contributed by atoms with Crippen molar-refractivity contribution in [1.29, 1.82) is 0 Å². The summed E-state index contributed by atoms with van der Waals surface area (Å²) in [7, 11) is 0. The van der Waals surface area contributed by atoms with E-state index in [1.54, 1.807) is 0 Å². The van der Waals surface area contributed by atoms with Crippen LogP contribution in [-0.2, 0) is 0 Å². The van der Waals surface area contributed by atoms with Gasteiger partial charge in [0.05, 0.1) is 0 Å². The van der Waals surface area contributed by atoms with Gasteiger partial charge in [-0.2, -0.15) is 0 Å². The molecule has 0 radical (unpaired) electrons. The van der Waals surface area contributed by atoms with Crippen LogP contribution in [0.2, 0.25) is 0 Å². The van der Waals surface area contributed by atoms with Gasteiger partial charge in [-0.25, -0.2) is 15.0 Å². The quantitative estimate of drug-likeness (QED) is 0.174. The van der Waals surface area contributed by atoms with Crippen LogP contribution >= 0.6 is 0 Å². The Hall–Kier alpha value is -7.17. The second-order valence-electron chi connectivity index (χ2n) is 13.6. The number of nitrogens with zero attached hydrogens (tertiary/aromatic N) is 3. The molecule has 0 N–H and O–H groups in total. The molecule has 0 amide bonds. The predicted octanol–water partition coefficient (Wildman–Crippen LogP) is 13.1. The molecule has 53 heavy (non-hydrogen) atoms. The highest BCUT2D eigenvalue weighted by Gasteiger charge is 2.19. The lowest BCUT2D eigenvalue weighted by Gasteiger charge is -2.13. The van der Waals surface area contributed by atoms with Crippen molar-refractivity contribution in [1.82, 2.24) is 15.0 Å². The molecule has 246 valence electrons. The smallest absolute Gasteiger partial charge is 0.164 e. The summed E-state index contributed by atoms with van der Waals surface area (Å²) in [5.74, 6) is 1.83. The molecule has 2 heterocycles. The molecule has 0 saturated carbocycles. The molecule has 0 unspecified atom stereocenters. The third kappa shape index (κ3) is 4.80. The third-order valence-corrected chi connectivity index (χ3v) is 10.5. The first-order valence-corrected chi connectivity index (χ1v) is 17.9. The Morgan fingerprint density at radius 2 is 0.906 bits per heavy atom. The minimum absolute atomic E-state index is 0.601. The summed E-state index contributed by atoms with van der Waals surface area (Å²) in [5.41, 5.74) is 6.66. The van der Waals surface area contributed by atoms with Gasteiger partial charge in [0.2, 0.25) is 0 Å². The maximum absolute atomic E-state index is 6.28. The van der Waals surface area contributed by atoms with Crippen molar-refractivity contribution in [2.75, 3.05) is 0 Å².